The van der Waals surface area contributed by atoms with E-state index in [0.29, 0.717) is 13.2 Å². The summed E-state index contributed by atoms with van der Waals surface area (Å²) in [7, 11) is 1.68. The number of anilines is 2. The number of pyridine rings is 1. The fourth-order valence-corrected chi connectivity index (χ4v) is 3.51. The highest BCUT2D eigenvalue weighted by Gasteiger charge is 2.24. The van der Waals surface area contributed by atoms with Gasteiger partial charge in [0.15, 0.2) is 11.5 Å². The minimum atomic E-state index is 0.593. The number of benzene rings is 2. The predicted molar refractivity (Wildman–Crippen MR) is 96.4 cm³/mol. The summed E-state index contributed by atoms with van der Waals surface area (Å²) < 4.78 is 16.7. The van der Waals surface area contributed by atoms with Crippen molar-refractivity contribution in [3.05, 3.63) is 48.0 Å². The van der Waals surface area contributed by atoms with Crippen LogP contribution in [0.1, 0.15) is 5.56 Å². The zero-order valence-electron chi connectivity index (χ0n) is 14.0. The largest absolute Gasteiger partial charge is 0.497 e. The van der Waals surface area contributed by atoms with Crippen molar-refractivity contribution in [1.29, 1.82) is 0 Å². The quantitative estimate of drug-likeness (QED) is 0.715. The second kappa shape index (κ2) is 5.55. The maximum absolute atomic E-state index is 5.72. The van der Waals surface area contributed by atoms with Gasteiger partial charge in [0.05, 0.1) is 12.6 Å². The van der Waals surface area contributed by atoms with Crippen LogP contribution in [0.2, 0.25) is 0 Å². The normalized spacial score (nSPS) is 15.3. The van der Waals surface area contributed by atoms with Crippen molar-refractivity contribution in [2.75, 3.05) is 31.8 Å². The second-order valence-corrected chi connectivity index (χ2v) is 6.26. The van der Waals surface area contributed by atoms with Gasteiger partial charge < -0.3 is 19.1 Å². The Bertz CT molecular complexity index is 971. The van der Waals surface area contributed by atoms with Gasteiger partial charge in [0, 0.05) is 29.8 Å². The molecule has 5 nitrogen and oxygen atoms in total. The molecule has 2 aliphatic heterocycles. The lowest BCUT2D eigenvalue weighted by Crippen LogP contribution is -2.17. The van der Waals surface area contributed by atoms with Gasteiger partial charge >= 0.3 is 0 Å². The Balaban J connectivity index is 1.58. The standard InChI is InChI=1S/C20H18N2O3/c1-23-16-4-2-13-10-14-6-7-22(20(14)21-17(13)12-16)15-3-5-18-19(11-15)25-9-8-24-18/h2-5,10-12H,6-9H2,1H3. The molecule has 2 aliphatic rings. The van der Waals surface area contributed by atoms with E-state index in [1.807, 2.05) is 24.3 Å². The van der Waals surface area contributed by atoms with Crippen LogP contribution in [0.15, 0.2) is 42.5 Å². The van der Waals surface area contributed by atoms with Gasteiger partial charge in [-0.3, -0.25) is 0 Å². The van der Waals surface area contributed by atoms with Crippen LogP contribution in [-0.4, -0.2) is 31.9 Å². The van der Waals surface area contributed by atoms with Gasteiger partial charge in [0.2, 0.25) is 0 Å². The van der Waals surface area contributed by atoms with Crippen molar-refractivity contribution < 1.29 is 14.2 Å². The van der Waals surface area contributed by atoms with E-state index in [-0.39, 0.29) is 0 Å². The first-order valence-corrected chi connectivity index (χ1v) is 8.47. The van der Waals surface area contributed by atoms with Gasteiger partial charge in [-0.15, -0.1) is 0 Å². The molecule has 5 rings (SSSR count). The van der Waals surface area contributed by atoms with Crippen LogP contribution in [0.5, 0.6) is 17.2 Å². The highest BCUT2D eigenvalue weighted by atomic mass is 16.6. The van der Waals surface area contributed by atoms with Crippen LogP contribution in [0.4, 0.5) is 11.5 Å². The molecule has 0 N–H and O–H groups in total. The summed E-state index contributed by atoms with van der Waals surface area (Å²) >= 11 is 0. The number of aromatic nitrogens is 1. The minimum Gasteiger partial charge on any atom is -0.497 e. The lowest BCUT2D eigenvalue weighted by molar-refractivity contribution is 0.171. The highest BCUT2D eigenvalue weighted by Crippen LogP contribution is 2.40. The maximum atomic E-state index is 5.72. The smallest absolute Gasteiger partial charge is 0.163 e. The third-order valence-electron chi connectivity index (χ3n) is 4.78. The van der Waals surface area contributed by atoms with Crippen molar-refractivity contribution in [2.24, 2.45) is 0 Å². The summed E-state index contributed by atoms with van der Waals surface area (Å²) in [4.78, 5) is 7.15. The van der Waals surface area contributed by atoms with Crippen LogP contribution in [0.25, 0.3) is 10.9 Å². The van der Waals surface area contributed by atoms with E-state index in [0.717, 1.165) is 52.6 Å². The van der Waals surface area contributed by atoms with Crippen molar-refractivity contribution in [3.8, 4) is 17.2 Å². The third-order valence-corrected chi connectivity index (χ3v) is 4.78. The summed E-state index contributed by atoms with van der Waals surface area (Å²) in [6.07, 6.45) is 0.985. The average molecular weight is 334 g/mol. The molecule has 3 heterocycles. The molecule has 2 aromatic carbocycles. The summed E-state index contributed by atoms with van der Waals surface area (Å²) in [6.45, 7) is 2.11. The molecule has 0 amide bonds. The second-order valence-electron chi connectivity index (χ2n) is 6.26. The lowest BCUT2D eigenvalue weighted by Gasteiger charge is -2.23. The van der Waals surface area contributed by atoms with E-state index in [1.54, 1.807) is 7.11 Å². The van der Waals surface area contributed by atoms with Crippen molar-refractivity contribution in [2.45, 2.75) is 6.42 Å². The van der Waals surface area contributed by atoms with Crippen LogP contribution in [-0.2, 0) is 6.42 Å². The first kappa shape index (κ1) is 14.4. The summed E-state index contributed by atoms with van der Waals surface area (Å²) in [5.41, 5.74) is 3.30. The summed E-state index contributed by atoms with van der Waals surface area (Å²) in [5, 5.41) is 1.14. The Kier molecular flexibility index (Phi) is 3.20. The number of nitrogens with zero attached hydrogens (tertiary/aromatic N) is 2. The van der Waals surface area contributed by atoms with Gasteiger partial charge in [0.25, 0.3) is 0 Å². The SMILES string of the molecule is COc1ccc2cc3c(nc2c1)N(c1ccc2c(c1)OCCO2)CC3. The first-order valence-electron chi connectivity index (χ1n) is 8.47. The monoisotopic (exact) mass is 334 g/mol. The Morgan fingerprint density at radius 3 is 2.76 bits per heavy atom. The van der Waals surface area contributed by atoms with Crippen molar-refractivity contribution in [3.63, 3.8) is 0 Å². The molecule has 126 valence electrons. The van der Waals surface area contributed by atoms with E-state index in [1.165, 1.54) is 5.56 Å². The van der Waals surface area contributed by atoms with Gasteiger partial charge in [-0.05, 0) is 42.3 Å². The summed E-state index contributed by atoms with van der Waals surface area (Å²) in [5.74, 6) is 3.45. The van der Waals surface area contributed by atoms with Gasteiger partial charge in [-0.2, -0.15) is 0 Å². The van der Waals surface area contributed by atoms with Crippen LogP contribution >= 0.6 is 0 Å². The topological polar surface area (TPSA) is 43.8 Å². The predicted octanol–water partition coefficient (Wildman–Crippen LogP) is 3.71. The minimum absolute atomic E-state index is 0.593. The molecule has 0 radical (unpaired) electrons. The molecule has 25 heavy (non-hydrogen) atoms. The van der Waals surface area contributed by atoms with Crippen LogP contribution in [0.3, 0.4) is 0 Å². The highest BCUT2D eigenvalue weighted by molar-refractivity contribution is 5.85. The Labute approximate surface area is 145 Å². The molecule has 0 spiro atoms. The molecule has 0 atom stereocenters. The number of ether oxygens (including phenoxy) is 3. The molecule has 0 aliphatic carbocycles. The molecule has 0 unspecified atom stereocenters. The van der Waals surface area contributed by atoms with Crippen molar-refractivity contribution >= 4 is 22.4 Å². The average Bonchev–Trinajstić information content (AvgIpc) is 3.08. The third kappa shape index (κ3) is 2.35. The zero-order valence-corrected chi connectivity index (χ0v) is 14.0. The molecule has 5 heteroatoms. The van der Waals surface area contributed by atoms with Gasteiger partial charge in [-0.25, -0.2) is 4.98 Å². The Hall–Kier alpha value is -2.95. The van der Waals surface area contributed by atoms with E-state index < -0.39 is 0 Å². The molecular formula is C20H18N2O3. The van der Waals surface area contributed by atoms with Crippen LogP contribution < -0.4 is 19.1 Å². The molecule has 0 bridgehead atoms. The fourth-order valence-electron chi connectivity index (χ4n) is 3.51. The number of hydrogen-bond donors (Lipinski definition) is 0. The number of rotatable bonds is 2. The molecule has 3 aromatic rings. The number of hydrogen-bond acceptors (Lipinski definition) is 5. The van der Waals surface area contributed by atoms with Gasteiger partial charge in [0.1, 0.15) is 24.8 Å². The lowest BCUT2D eigenvalue weighted by atomic mass is 10.1. The molecule has 1 aromatic heterocycles. The summed E-state index contributed by atoms with van der Waals surface area (Å²) in [6, 6.07) is 14.3. The van der Waals surface area contributed by atoms with E-state index >= 15 is 0 Å². The van der Waals surface area contributed by atoms with Crippen molar-refractivity contribution in [1.82, 2.24) is 4.98 Å². The van der Waals surface area contributed by atoms with E-state index in [2.05, 4.69) is 23.1 Å². The number of fused-ring (bicyclic) bond motifs is 3. The molecular weight excluding hydrogens is 316 g/mol. The van der Waals surface area contributed by atoms with Gasteiger partial charge in [-0.1, -0.05) is 0 Å². The van der Waals surface area contributed by atoms with Crippen LogP contribution in [0, 0.1) is 0 Å². The number of methoxy groups -OCH3 is 1. The zero-order chi connectivity index (χ0) is 16.8. The van der Waals surface area contributed by atoms with E-state index in [9.17, 15) is 0 Å². The maximum Gasteiger partial charge on any atom is 0.163 e. The van der Waals surface area contributed by atoms with E-state index in [4.69, 9.17) is 19.2 Å². The molecule has 0 fully saturated rings. The first-order chi connectivity index (χ1) is 12.3. The molecule has 0 saturated heterocycles. The molecule has 0 saturated carbocycles. The fraction of sp³-hybridized carbons (Fsp3) is 0.250. The Morgan fingerprint density at radius 1 is 1.00 bits per heavy atom. The Morgan fingerprint density at radius 2 is 1.88 bits per heavy atom.